The maximum absolute atomic E-state index is 13.5. The summed E-state index contributed by atoms with van der Waals surface area (Å²) in [6.07, 6.45) is 3.68. The average molecular weight is 497 g/mol. The van der Waals surface area contributed by atoms with Crippen molar-refractivity contribution in [2.45, 2.75) is 13.5 Å². The second kappa shape index (κ2) is 11.0. The van der Waals surface area contributed by atoms with Crippen LogP contribution in [0, 0.1) is 0 Å². The smallest absolute Gasteiger partial charge is 0.254 e. The third kappa shape index (κ3) is 5.64. The molecule has 0 fully saturated rings. The van der Waals surface area contributed by atoms with E-state index in [0.29, 0.717) is 49.1 Å². The molecule has 3 aromatic carbocycles. The van der Waals surface area contributed by atoms with Crippen LogP contribution in [-0.2, 0) is 11.3 Å². The first-order valence-corrected chi connectivity index (χ1v) is 12.3. The van der Waals surface area contributed by atoms with Crippen LogP contribution in [0.15, 0.2) is 85.2 Å². The lowest BCUT2D eigenvalue weighted by Crippen LogP contribution is -2.38. The number of benzene rings is 3. The third-order valence-electron chi connectivity index (χ3n) is 6.16. The number of hydrogen-bond donors (Lipinski definition) is 1. The van der Waals surface area contributed by atoms with Gasteiger partial charge in [0.05, 0.1) is 6.54 Å². The molecule has 2 amide bonds. The van der Waals surface area contributed by atoms with Gasteiger partial charge in [0.15, 0.2) is 11.5 Å². The molecule has 1 aliphatic heterocycles. The number of nitrogens with one attached hydrogen (secondary N) is 1. The van der Waals surface area contributed by atoms with Crippen LogP contribution in [0.1, 0.15) is 22.8 Å². The van der Waals surface area contributed by atoms with E-state index in [1.807, 2.05) is 66.3 Å². The lowest BCUT2D eigenvalue weighted by molar-refractivity contribution is -0.116. The minimum absolute atomic E-state index is 0.0685. The zero-order chi connectivity index (χ0) is 25.6. The molecule has 1 N–H and O–H groups in total. The van der Waals surface area contributed by atoms with Gasteiger partial charge in [-0.15, -0.1) is 0 Å². The molecule has 1 aromatic heterocycles. The summed E-state index contributed by atoms with van der Waals surface area (Å²) < 4.78 is 13.0. The van der Waals surface area contributed by atoms with E-state index in [2.05, 4.69) is 10.4 Å². The molecular formula is C29H28N4O4. The first kappa shape index (κ1) is 24.1. The highest BCUT2D eigenvalue weighted by Crippen LogP contribution is 2.32. The van der Waals surface area contributed by atoms with Crippen LogP contribution in [0.5, 0.6) is 11.5 Å². The van der Waals surface area contributed by atoms with Crippen molar-refractivity contribution in [3.8, 4) is 22.6 Å². The number of ether oxygens (including phenoxy) is 2. The quantitative estimate of drug-likeness (QED) is 0.389. The Morgan fingerprint density at radius 3 is 2.51 bits per heavy atom. The van der Waals surface area contributed by atoms with Crippen molar-refractivity contribution >= 4 is 17.5 Å². The summed E-state index contributed by atoms with van der Waals surface area (Å²) in [4.78, 5) is 27.9. The number of aromatic nitrogens is 2. The first-order chi connectivity index (χ1) is 18.1. The lowest BCUT2D eigenvalue weighted by atomic mass is 9.97. The molecule has 0 unspecified atom stereocenters. The summed E-state index contributed by atoms with van der Waals surface area (Å²) in [5.41, 5.74) is 4.01. The van der Waals surface area contributed by atoms with Crippen molar-refractivity contribution in [1.82, 2.24) is 14.7 Å². The van der Waals surface area contributed by atoms with Gasteiger partial charge in [0.2, 0.25) is 5.91 Å². The lowest BCUT2D eigenvalue weighted by Gasteiger charge is -2.22. The van der Waals surface area contributed by atoms with Gasteiger partial charge in [-0.25, -0.2) is 0 Å². The Morgan fingerprint density at radius 1 is 0.973 bits per heavy atom. The maximum atomic E-state index is 13.5. The van der Waals surface area contributed by atoms with Crippen molar-refractivity contribution in [3.05, 3.63) is 96.3 Å². The molecule has 0 saturated carbocycles. The van der Waals surface area contributed by atoms with Crippen molar-refractivity contribution < 1.29 is 19.1 Å². The molecule has 0 saturated heterocycles. The van der Waals surface area contributed by atoms with E-state index in [0.717, 1.165) is 16.7 Å². The number of amides is 2. The third-order valence-corrected chi connectivity index (χ3v) is 6.16. The van der Waals surface area contributed by atoms with Crippen molar-refractivity contribution in [2.24, 2.45) is 0 Å². The molecule has 0 bridgehead atoms. The number of rotatable bonds is 8. The zero-order valence-corrected chi connectivity index (χ0v) is 20.6. The predicted octanol–water partition coefficient (Wildman–Crippen LogP) is 4.47. The molecule has 1 aliphatic rings. The van der Waals surface area contributed by atoms with Gasteiger partial charge < -0.3 is 19.7 Å². The van der Waals surface area contributed by atoms with Crippen molar-refractivity contribution in [3.63, 3.8) is 0 Å². The molecule has 188 valence electrons. The number of hydrogen-bond acceptors (Lipinski definition) is 5. The summed E-state index contributed by atoms with van der Waals surface area (Å²) in [5.74, 6) is 0.765. The Hall–Kier alpha value is -4.59. The Kier molecular flexibility index (Phi) is 7.16. The average Bonchev–Trinajstić information content (AvgIpc) is 3.45. The fraction of sp³-hybridized carbons (Fsp3) is 0.207. The number of fused-ring (bicyclic) bond motifs is 1. The van der Waals surface area contributed by atoms with Gasteiger partial charge >= 0.3 is 0 Å². The molecule has 0 radical (unpaired) electrons. The minimum atomic E-state index is -0.285. The van der Waals surface area contributed by atoms with Gasteiger partial charge in [-0.2, -0.15) is 5.10 Å². The summed E-state index contributed by atoms with van der Waals surface area (Å²) in [7, 11) is 0. The van der Waals surface area contributed by atoms with E-state index in [-0.39, 0.29) is 18.4 Å². The standard InChI is InChI=1S/C29H28N4O4/c1-2-32(20-28(34)31-23-12-13-26-27(18-23)37-17-16-36-26)29(35)25-7-4-3-6-24(25)22-10-8-21(9-11-22)19-33-15-5-14-30-33/h3-15,18H,2,16-17,19-20H2,1H3,(H,31,34). The van der Waals surface area contributed by atoms with Gasteiger partial charge in [0.25, 0.3) is 5.91 Å². The van der Waals surface area contributed by atoms with Crippen LogP contribution < -0.4 is 14.8 Å². The molecule has 0 spiro atoms. The van der Waals surface area contributed by atoms with E-state index in [4.69, 9.17) is 9.47 Å². The molecule has 8 heteroatoms. The van der Waals surface area contributed by atoms with Crippen LogP contribution in [0.2, 0.25) is 0 Å². The molecule has 4 aromatic rings. The Morgan fingerprint density at radius 2 is 1.76 bits per heavy atom. The number of carbonyl (C=O) groups is 2. The van der Waals surface area contributed by atoms with E-state index >= 15 is 0 Å². The van der Waals surface area contributed by atoms with E-state index in [9.17, 15) is 9.59 Å². The second-order valence-electron chi connectivity index (χ2n) is 8.67. The number of anilines is 1. The van der Waals surface area contributed by atoms with E-state index < -0.39 is 0 Å². The SMILES string of the molecule is CCN(CC(=O)Nc1ccc2c(c1)OCCO2)C(=O)c1ccccc1-c1ccc(Cn2cccn2)cc1. The van der Waals surface area contributed by atoms with Crippen LogP contribution in [0.4, 0.5) is 5.69 Å². The van der Waals surface area contributed by atoms with Crippen LogP contribution in [-0.4, -0.2) is 52.8 Å². The summed E-state index contributed by atoms with van der Waals surface area (Å²) >= 11 is 0. The van der Waals surface area contributed by atoms with Gasteiger partial charge in [0, 0.05) is 36.3 Å². The highest BCUT2D eigenvalue weighted by molar-refractivity contribution is 6.03. The van der Waals surface area contributed by atoms with Gasteiger partial charge in [-0.1, -0.05) is 42.5 Å². The molecule has 37 heavy (non-hydrogen) atoms. The van der Waals surface area contributed by atoms with Gasteiger partial charge in [-0.3, -0.25) is 14.3 Å². The fourth-order valence-corrected chi connectivity index (χ4v) is 4.28. The van der Waals surface area contributed by atoms with E-state index in [1.54, 1.807) is 30.5 Å². The Bertz CT molecular complexity index is 1380. The highest BCUT2D eigenvalue weighted by atomic mass is 16.6. The molecule has 0 aliphatic carbocycles. The number of likely N-dealkylation sites (N-methyl/N-ethyl adjacent to an activating group) is 1. The first-order valence-electron chi connectivity index (χ1n) is 12.3. The zero-order valence-electron chi connectivity index (χ0n) is 20.6. The summed E-state index contributed by atoms with van der Waals surface area (Å²) in [5, 5.41) is 7.11. The van der Waals surface area contributed by atoms with E-state index in [1.165, 1.54) is 4.90 Å². The Labute approximate surface area is 215 Å². The van der Waals surface area contributed by atoms with Gasteiger partial charge in [0.1, 0.15) is 19.8 Å². The highest BCUT2D eigenvalue weighted by Gasteiger charge is 2.21. The summed E-state index contributed by atoms with van der Waals surface area (Å²) in [6, 6.07) is 22.7. The monoisotopic (exact) mass is 496 g/mol. The summed E-state index contributed by atoms with van der Waals surface area (Å²) in [6.45, 7) is 3.83. The van der Waals surface area contributed by atoms with Gasteiger partial charge in [-0.05, 0) is 47.9 Å². The van der Waals surface area contributed by atoms with Crippen LogP contribution >= 0.6 is 0 Å². The van der Waals surface area contributed by atoms with Crippen LogP contribution in [0.3, 0.4) is 0 Å². The molecule has 8 nitrogen and oxygen atoms in total. The minimum Gasteiger partial charge on any atom is -0.486 e. The predicted molar refractivity (Wildman–Crippen MR) is 141 cm³/mol. The fourth-order valence-electron chi connectivity index (χ4n) is 4.28. The van der Waals surface area contributed by atoms with Crippen molar-refractivity contribution in [1.29, 1.82) is 0 Å². The maximum Gasteiger partial charge on any atom is 0.254 e. The Balaban J connectivity index is 1.29. The number of nitrogens with zero attached hydrogens (tertiary/aromatic N) is 3. The number of carbonyl (C=O) groups excluding carboxylic acids is 2. The topological polar surface area (TPSA) is 85.7 Å². The molecule has 5 rings (SSSR count). The molecule has 2 heterocycles. The second-order valence-corrected chi connectivity index (χ2v) is 8.67. The van der Waals surface area contributed by atoms with Crippen molar-refractivity contribution in [2.75, 3.05) is 31.6 Å². The molecule has 0 atom stereocenters. The largest absolute Gasteiger partial charge is 0.486 e. The molecular weight excluding hydrogens is 468 g/mol. The van der Waals surface area contributed by atoms with Crippen LogP contribution in [0.25, 0.3) is 11.1 Å². The normalized spacial score (nSPS) is 12.1.